The zero-order valence-electron chi connectivity index (χ0n) is 28.0. The molecule has 2 heteroatoms. The Bertz CT molecular complexity index is 2660. The van der Waals surface area contributed by atoms with Crippen molar-refractivity contribution >= 4 is 61.4 Å². The SMILES string of the molecule is C1=C(c2ccc3c(c2)oc2cc(N(c4ccc(-c5ccccc5)cc4)c4ccc(-c5ccccc5)cc4)c4ccccc4c23)Cc2ccccc21. The van der Waals surface area contributed by atoms with Crippen LogP contribution in [0.5, 0.6) is 0 Å². The third-order valence-corrected chi connectivity index (χ3v) is 10.3. The summed E-state index contributed by atoms with van der Waals surface area (Å²) in [6.07, 6.45) is 3.26. The fraction of sp³-hybridized carbons (Fsp3) is 0.0204. The Labute approximate surface area is 297 Å². The van der Waals surface area contributed by atoms with Gasteiger partial charge in [0, 0.05) is 33.6 Å². The molecular formula is C49H33NO. The van der Waals surface area contributed by atoms with E-state index in [9.17, 15) is 0 Å². The highest BCUT2D eigenvalue weighted by Crippen LogP contribution is 2.45. The summed E-state index contributed by atoms with van der Waals surface area (Å²) in [5, 5.41) is 4.64. The molecule has 0 bridgehead atoms. The quantitative estimate of drug-likeness (QED) is 0.178. The number of rotatable bonds is 6. The van der Waals surface area contributed by atoms with Gasteiger partial charge >= 0.3 is 0 Å². The van der Waals surface area contributed by atoms with E-state index in [1.54, 1.807) is 0 Å². The number of anilines is 3. The highest BCUT2D eigenvalue weighted by atomic mass is 16.3. The second-order valence-electron chi connectivity index (χ2n) is 13.3. The maximum atomic E-state index is 6.80. The summed E-state index contributed by atoms with van der Waals surface area (Å²) in [5.41, 5.74) is 15.0. The van der Waals surface area contributed by atoms with Crippen LogP contribution in [0.25, 0.3) is 66.6 Å². The zero-order valence-corrected chi connectivity index (χ0v) is 28.0. The molecule has 0 N–H and O–H groups in total. The monoisotopic (exact) mass is 651 g/mol. The van der Waals surface area contributed by atoms with Crippen LogP contribution in [0.15, 0.2) is 186 Å². The number of fused-ring (bicyclic) bond motifs is 6. The third-order valence-electron chi connectivity index (χ3n) is 10.3. The number of hydrogen-bond donors (Lipinski definition) is 0. The largest absolute Gasteiger partial charge is 0.456 e. The molecule has 240 valence electrons. The number of allylic oxidation sites excluding steroid dienone is 1. The Kier molecular flexibility index (Phi) is 6.92. The smallest absolute Gasteiger partial charge is 0.138 e. The van der Waals surface area contributed by atoms with Crippen molar-refractivity contribution in [1.29, 1.82) is 0 Å². The van der Waals surface area contributed by atoms with Gasteiger partial charge in [-0.1, -0.05) is 146 Å². The van der Waals surface area contributed by atoms with Crippen molar-refractivity contribution < 1.29 is 4.42 Å². The summed E-state index contributed by atoms with van der Waals surface area (Å²) in [4.78, 5) is 2.37. The van der Waals surface area contributed by atoms with Gasteiger partial charge in [0.25, 0.3) is 0 Å². The van der Waals surface area contributed by atoms with Crippen LogP contribution in [-0.4, -0.2) is 0 Å². The van der Waals surface area contributed by atoms with Crippen LogP contribution < -0.4 is 4.90 Å². The van der Waals surface area contributed by atoms with E-state index in [-0.39, 0.29) is 0 Å². The normalized spacial score (nSPS) is 12.4. The van der Waals surface area contributed by atoms with Crippen molar-refractivity contribution in [3.63, 3.8) is 0 Å². The molecule has 0 radical (unpaired) electrons. The summed E-state index contributed by atoms with van der Waals surface area (Å²) >= 11 is 0. The molecule has 1 aliphatic rings. The van der Waals surface area contributed by atoms with Gasteiger partial charge in [0.1, 0.15) is 11.2 Å². The maximum Gasteiger partial charge on any atom is 0.138 e. The van der Waals surface area contributed by atoms with Crippen LogP contribution in [0.4, 0.5) is 17.1 Å². The van der Waals surface area contributed by atoms with E-state index in [1.807, 2.05) is 0 Å². The molecule has 51 heavy (non-hydrogen) atoms. The van der Waals surface area contributed by atoms with Crippen molar-refractivity contribution in [2.24, 2.45) is 0 Å². The van der Waals surface area contributed by atoms with Gasteiger partial charge in [-0.05, 0) is 92.7 Å². The molecule has 0 spiro atoms. The van der Waals surface area contributed by atoms with Crippen LogP contribution in [0.3, 0.4) is 0 Å². The van der Waals surface area contributed by atoms with Gasteiger partial charge in [-0.15, -0.1) is 0 Å². The molecule has 0 saturated carbocycles. The molecule has 0 unspecified atom stereocenters. The van der Waals surface area contributed by atoms with Crippen molar-refractivity contribution in [3.05, 3.63) is 199 Å². The van der Waals surface area contributed by atoms with E-state index in [4.69, 9.17) is 4.42 Å². The molecule has 1 heterocycles. The molecule has 8 aromatic carbocycles. The third kappa shape index (κ3) is 5.12. The maximum absolute atomic E-state index is 6.80. The van der Waals surface area contributed by atoms with Gasteiger partial charge < -0.3 is 9.32 Å². The molecule has 1 aliphatic carbocycles. The Morgan fingerprint density at radius 2 is 0.961 bits per heavy atom. The first kappa shape index (κ1) is 29.3. The van der Waals surface area contributed by atoms with Crippen molar-refractivity contribution in [2.45, 2.75) is 6.42 Å². The first-order valence-corrected chi connectivity index (χ1v) is 17.5. The molecule has 9 aromatic rings. The summed E-state index contributed by atoms with van der Waals surface area (Å²) < 4.78 is 6.80. The lowest BCUT2D eigenvalue weighted by Crippen LogP contribution is -2.10. The summed E-state index contributed by atoms with van der Waals surface area (Å²) in [5.74, 6) is 0. The van der Waals surface area contributed by atoms with Gasteiger partial charge in [-0.2, -0.15) is 0 Å². The van der Waals surface area contributed by atoms with E-state index in [1.165, 1.54) is 55.3 Å². The average Bonchev–Trinajstić information content (AvgIpc) is 3.81. The van der Waals surface area contributed by atoms with Gasteiger partial charge in [0.15, 0.2) is 0 Å². The number of nitrogens with zero attached hydrogens (tertiary/aromatic N) is 1. The molecule has 0 fully saturated rings. The van der Waals surface area contributed by atoms with Gasteiger partial charge in [0.05, 0.1) is 5.69 Å². The Hall–Kier alpha value is -6.64. The van der Waals surface area contributed by atoms with E-state index in [0.29, 0.717) is 0 Å². The second kappa shape index (κ2) is 12.0. The topological polar surface area (TPSA) is 16.4 Å². The number of benzene rings is 8. The van der Waals surface area contributed by atoms with Crippen molar-refractivity contribution in [2.75, 3.05) is 4.90 Å². The predicted octanol–water partition coefficient (Wildman–Crippen LogP) is 13.6. The summed E-state index contributed by atoms with van der Waals surface area (Å²) in [6.45, 7) is 0. The first-order chi connectivity index (χ1) is 25.3. The van der Waals surface area contributed by atoms with Crippen molar-refractivity contribution in [3.8, 4) is 22.3 Å². The lowest BCUT2D eigenvalue weighted by Gasteiger charge is -2.27. The van der Waals surface area contributed by atoms with Gasteiger partial charge in [-0.3, -0.25) is 0 Å². The van der Waals surface area contributed by atoms with Crippen LogP contribution in [0.2, 0.25) is 0 Å². The highest BCUT2D eigenvalue weighted by Gasteiger charge is 2.21. The predicted molar refractivity (Wildman–Crippen MR) is 215 cm³/mol. The lowest BCUT2D eigenvalue weighted by atomic mass is 9.98. The van der Waals surface area contributed by atoms with Crippen LogP contribution in [0, 0.1) is 0 Å². The summed E-state index contributed by atoms with van der Waals surface area (Å²) in [6, 6.07) is 65.2. The summed E-state index contributed by atoms with van der Waals surface area (Å²) in [7, 11) is 0. The average molecular weight is 652 g/mol. The molecule has 0 amide bonds. The van der Waals surface area contributed by atoms with Crippen LogP contribution in [0.1, 0.15) is 16.7 Å². The minimum absolute atomic E-state index is 0.881. The fourth-order valence-corrected chi connectivity index (χ4v) is 7.77. The molecule has 2 nitrogen and oxygen atoms in total. The molecule has 0 saturated heterocycles. The van der Waals surface area contributed by atoms with E-state index < -0.39 is 0 Å². The standard InChI is InChI=1S/C49H33NO/c1-3-11-33(12-4-1)35-19-24-41(25-20-35)50(42-26-21-36(22-27-42)34-13-5-2-6-14-34)46-32-48-49(44-18-10-9-17-43(44)46)45-28-23-39(31-47(45)51-48)40-29-37-15-7-8-16-38(37)30-40/h1-29,31-32H,30H2. The first-order valence-electron chi connectivity index (χ1n) is 17.5. The molecule has 0 aliphatic heterocycles. The van der Waals surface area contributed by atoms with Crippen LogP contribution >= 0.6 is 0 Å². The molecule has 1 aromatic heterocycles. The van der Waals surface area contributed by atoms with Crippen molar-refractivity contribution in [1.82, 2.24) is 0 Å². The van der Waals surface area contributed by atoms with E-state index in [0.717, 1.165) is 45.4 Å². The van der Waals surface area contributed by atoms with E-state index in [2.05, 4.69) is 193 Å². The minimum Gasteiger partial charge on any atom is -0.456 e. The molecule has 0 atom stereocenters. The zero-order chi connectivity index (χ0) is 33.7. The van der Waals surface area contributed by atoms with Gasteiger partial charge in [-0.25, -0.2) is 0 Å². The molecular weight excluding hydrogens is 619 g/mol. The fourth-order valence-electron chi connectivity index (χ4n) is 7.77. The van der Waals surface area contributed by atoms with Crippen LogP contribution in [-0.2, 0) is 6.42 Å². The minimum atomic E-state index is 0.881. The Balaban J connectivity index is 1.14. The lowest BCUT2D eigenvalue weighted by molar-refractivity contribution is 0.669. The highest BCUT2D eigenvalue weighted by molar-refractivity contribution is 6.22. The number of hydrogen-bond acceptors (Lipinski definition) is 2. The van der Waals surface area contributed by atoms with Gasteiger partial charge in [0.2, 0.25) is 0 Å². The Morgan fingerprint density at radius 3 is 1.61 bits per heavy atom. The van der Waals surface area contributed by atoms with E-state index >= 15 is 0 Å². The molecule has 10 rings (SSSR count). The number of furan rings is 1. The second-order valence-corrected chi connectivity index (χ2v) is 13.3. The Morgan fingerprint density at radius 1 is 0.412 bits per heavy atom.